The van der Waals surface area contributed by atoms with Crippen molar-refractivity contribution in [3.63, 3.8) is 0 Å². The number of rotatable bonds is 17. The van der Waals surface area contributed by atoms with Crippen molar-refractivity contribution >= 4 is 22.6 Å². The van der Waals surface area contributed by atoms with Crippen molar-refractivity contribution in [1.29, 1.82) is 0 Å². The third-order valence-corrected chi connectivity index (χ3v) is 8.09. The van der Waals surface area contributed by atoms with Crippen LogP contribution in [0.25, 0.3) is 10.8 Å². The maximum atomic E-state index is 11.1. The minimum atomic E-state index is -1.09. The lowest BCUT2D eigenvalue weighted by molar-refractivity contribution is 0.0693. The van der Waals surface area contributed by atoms with Crippen LogP contribution in [0.15, 0.2) is 73.3 Å². The Morgan fingerprint density at radius 3 is 2.15 bits per heavy atom. The predicted octanol–water partition coefficient (Wildman–Crippen LogP) is 6.72. The molecule has 10 nitrogen and oxygen atoms in total. The van der Waals surface area contributed by atoms with Gasteiger partial charge in [0.05, 0.1) is 25.9 Å². The van der Waals surface area contributed by atoms with Crippen LogP contribution in [0.1, 0.15) is 96.6 Å². The molecule has 0 saturated carbocycles. The summed E-state index contributed by atoms with van der Waals surface area (Å²) < 4.78 is 3.41. The minimum Gasteiger partial charge on any atom is -0.478 e. The summed E-state index contributed by atoms with van der Waals surface area (Å²) in [6.45, 7) is 7.06. The Balaban J connectivity index is 0.000000213. The number of carboxylic acid groups (broad SMARTS) is 1. The van der Waals surface area contributed by atoms with Crippen LogP contribution in [-0.2, 0) is 26.2 Å². The largest absolute Gasteiger partial charge is 0.478 e. The zero-order valence-corrected chi connectivity index (χ0v) is 27.7. The summed E-state index contributed by atoms with van der Waals surface area (Å²) in [5, 5.41) is 32.4. The van der Waals surface area contributed by atoms with Crippen LogP contribution in [0.4, 0.5) is 5.82 Å². The number of benzene rings is 2. The van der Waals surface area contributed by atoms with Crippen molar-refractivity contribution in [3.05, 3.63) is 107 Å². The van der Waals surface area contributed by atoms with E-state index in [0.29, 0.717) is 18.9 Å². The summed E-state index contributed by atoms with van der Waals surface area (Å²) in [5.41, 5.74) is 10.7. The zero-order valence-electron chi connectivity index (χ0n) is 27.7. The van der Waals surface area contributed by atoms with Crippen molar-refractivity contribution in [1.82, 2.24) is 29.9 Å². The van der Waals surface area contributed by atoms with Gasteiger partial charge < -0.3 is 21.3 Å². The van der Waals surface area contributed by atoms with E-state index in [1.165, 1.54) is 73.2 Å². The number of aliphatic hydroxyl groups is 1. The fourth-order valence-corrected chi connectivity index (χ4v) is 5.49. The van der Waals surface area contributed by atoms with Crippen LogP contribution in [0, 0.1) is 6.92 Å². The molecule has 0 radical (unpaired) electrons. The number of nitrogens with one attached hydrogen (secondary N) is 1. The molecule has 0 amide bonds. The van der Waals surface area contributed by atoms with E-state index in [9.17, 15) is 9.90 Å². The standard InChI is InChI=1S/C20H31N3.C17H18N4O3/c1-2-3-4-5-6-7-8-9-13-22-16-17-10-11-19-18(15-17)12-14-23-20(19)21;1-12-6-18-20(7-12)8-13-2-4-14(5-3-13)9-21-10-15(17(23)24)16(11-22)19-21/h10-12,14-15,22H,2-9,13,16H2,1H3,(H2,21,23);2-7,10,22H,8-9,11H2,1H3,(H,23,24). The van der Waals surface area contributed by atoms with Crippen molar-refractivity contribution in [2.24, 2.45) is 0 Å². The van der Waals surface area contributed by atoms with Crippen LogP contribution in [0.2, 0.25) is 0 Å². The molecule has 0 aliphatic rings. The van der Waals surface area contributed by atoms with Gasteiger partial charge in [-0.1, -0.05) is 88.3 Å². The third kappa shape index (κ3) is 11.3. The smallest absolute Gasteiger partial charge is 0.339 e. The fraction of sp³-hybridized carbons (Fsp3) is 0.405. The average molecular weight is 640 g/mol. The number of anilines is 1. The maximum Gasteiger partial charge on any atom is 0.339 e. The number of aryl methyl sites for hydroxylation is 1. The Labute approximate surface area is 277 Å². The van der Waals surface area contributed by atoms with Crippen LogP contribution >= 0.6 is 0 Å². The number of carboxylic acids is 1. The van der Waals surface area contributed by atoms with Crippen LogP contribution in [0.3, 0.4) is 0 Å². The topological polar surface area (TPSA) is 144 Å². The molecule has 0 aliphatic carbocycles. The molecular weight excluding hydrogens is 590 g/mol. The lowest BCUT2D eigenvalue weighted by Gasteiger charge is -2.07. The first kappa shape index (κ1) is 35.3. The summed E-state index contributed by atoms with van der Waals surface area (Å²) >= 11 is 0. The van der Waals surface area contributed by atoms with E-state index < -0.39 is 12.6 Å². The molecule has 5 rings (SSSR count). The van der Waals surface area contributed by atoms with E-state index in [1.54, 1.807) is 6.20 Å². The SMILES string of the molecule is CCCCCCCCCCNCc1ccc2c(N)nccc2c1.Cc1cnn(Cc2ccc(Cn3cc(C(=O)O)c(CO)n3)cc2)c1. The Hall–Kier alpha value is -4.54. The van der Waals surface area contributed by atoms with Gasteiger partial charge in [-0.05, 0) is 59.7 Å². The lowest BCUT2D eigenvalue weighted by atomic mass is 10.1. The van der Waals surface area contributed by atoms with Gasteiger partial charge in [0.15, 0.2) is 0 Å². The number of carbonyl (C=O) groups is 1. The highest BCUT2D eigenvalue weighted by Crippen LogP contribution is 2.20. The number of hydrogen-bond acceptors (Lipinski definition) is 7. The van der Waals surface area contributed by atoms with Crippen molar-refractivity contribution in [2.75, 3.05) is 12.3 Å². The summed E-state index contributed by atoms with van der Waals surface area (Å²) in [4.78, 5) is 15.2. The molecule has 0 unspecified atom stereocenters. The summed E-state index contributed by atoms with van der Waals surface area (Å²) in [7, 11) is 0. The van der Waals surface area contributed by atoms with E-state index in [0.717, 1.165) is 35.2 Å². The van der Waals surface area contributed by atoms with Gasteiger partial charge >= 0.3 is 5.97 Å². The number of pyridine rings is 1. The van der Waals surface area contributed by atoms with Crippen LogP contribution < -0.4 is 11.1 Å². The minimum absolute atomic E-state index is 0.0307. The van der Waals surface area contributed by atoms with Crippen LogP contribution in [-0.4, -0.2) is 47.3 Å². The van der Waals surface area contributed by atoms with E-state index in [2.05, 4.69) is 45.6 Å². The molecule has 0 bridgehead atoms. The number of aromatic carboxylic acids is 1. The van der Waals surface area contributed by atoms with Crippen molar-refractivity contribution in [2.45, 2.75) is 91.5 Å². The van der Waals surface area contributed by atoms with Gasteiger partial charge in [0, 0.05) is 30.5 Å². The van der Waals surface area contributed by atoms with Gasteiger partial charge in [0.25, 0.3) is 0 Å². The first-order valence-corrected chi connectivity index (χ1v) is 16.7. The Morgan fingerprint density at radius 2 is 1.53 bits per heavy atom. The van der Waals surface area contributed by atoms with Crippen molar-refractivity contribution in [3.8, 4) is 0 Å². The zero-order chi connectivity index (χ0) is 33.4. The Bertz CT molecular complexity index is 1680. The number of unbranched alkanes of at least 4 members (excludes halogenated alkanes) is 7. The van der Waals surface area contributed by atoms with Gasteiger partial charge in [-0.15, -0.1) is 0 Å². The molecule has 3 aromatic heterocycles. The number of aliphatic hydroxyl groups excluding tert-OH is 1. The monoisotopic (exact) mass is 639 g/mol. The molecule has 2 aromatic carbocycles. The Kier molecular flexibility index (Phi) is 14.0. The highest BCUT2D eigenvalue weighted by Gasteiger charge is 2.14. The predicted molar refractivity (Wildman–Crippen MR) is 187 cm³/mol. The molecule has 5 N–H and O–H groups in total. The number of nitrogens with zero attached hydrogens (tertiary/aromatic N) is 5. The number of hydrogen-bond donors (Lipinski definition) is 4. The molecule has 0 spiro atoms. The number of aromatic nitrogens is 5. The molecule has 3 heterocycles. The maximum absolute atomic E-state index is 11.1. The molecular formula is C37H49N7O3. The van der Waals surface area contributed by atoms with Gasteiger partial charge in [-0.3, -0.25) is 9.36 Å². The second kappa shape index (κ2) is 18.6. The highest BCUT2D eigenvalue weighted by atomic mass is 16.4. The normalized spacial score (nSPS) is 11.0. The number of nitrogen functional groups attached to an aromatic ring is 1. The summed E-state index contributed by atoms with van der Waals surface area (Å²) in [6, 6.07) is 16.4. The molecule has 0 fully saturated rings. The quantitative estimate of drug-likeness (QED) is 0.0821. The first-order valence-electron chi connectivity index (χ1n) is 16.7. The molecule has 0 atom stereocenters. The van der Waals surface area contributed by atoms with Gasteiger partial charge in [-0.25, -0.2) is 9.78 Å². The molecule has 0 saturated heterocycles. The van der Waals surface area contributed by atoms with Gasteiger partial charge in [0.1, 0.15) is 17.1 Å². The van der Waals surface area contributed by atoms with Crippen LogP contribution in [0.5, 0.6) is 0 Å². The molecule has 5 aromatic rings. The second-order valence-corrected chi connectivity index (χ2v) is 12.1. The lowest BCUT2D eigenvalue weighted by Crippen LogP contribution is -2.14. The Morgan fingerprint density at radius 1 is 0.872 bits per heavy atom. The number of nitrogens with two attached hydrogens (primary N) is 1. The van der Waals surface area contributed by atoms with E-state index in [1.807, 2.05) is 54.3 Å². The van der Waals surface area contributed by atoms with Crippen molar-refractivity contribution < 1.29 is 15.0 Å². The molecule has 250 valence electrons. The highest BCUT2D eigenvalue weighted by molar-refractivity contribution is 5.91. The second-order valence-electron chi connectivity index (χ2n) is 12.1. The van der Waals surface area contributed by atoms with Gasteiger partial charge in [-0.2, -0.15) is 10.2 Å². The fourth-order valence-electron chi connectivity index (χ4n) is 5.49. The molecule has 10 heteroatoms. The average Bonchev–Trinajstić information content (AvgIpc) is 3.68. The van der Waals surface area contributed by atoms with E-state index in [4.69, 9.17) is 10.8 Å². The first-order chi connectivity index (χ1) is 22.9. The summed E-state index contributed by atoms with van der Waals surface area (Å²) in [6.07, 6.45) is 18.0. The number of fused-ring (bicyclic) bond motifs is 1. The molecule has 0 aliphatic heterocycles. The third-order valence-electron chi connectivity index (χ3n) is 8.09. The van der Waals surface area contributed by atoms with E-state index >= 15 is 0 Å². The van der Waals surface area contributed by atoms with Gasteiger partial charge in [0.2, 0.25) is 0 Å². The summed E-state index contributed by atoms with van der Waals surface area (Å²) in [5.74, 6) is -0.476. The molecule has 47 heavy (non-hydrogen) atoms. The van der Waals surface area contributed by atoms with E-state index in [-0.39, 0.29) is 11.3 Å².